The van der Waals surface area contributed by atoms with E-state index in [1.54, 1.807) is 28.3 Å². The summed E-state index contributed by atoms with van der Waals surface area (Å²) < 4.78 is 55.4. The summed E-state index contributed by atoms with van der Waals surface area (Å²) in [6.07, 6.45) is -2.45. The lowest BCUT2D eigenvalue weighted by Crippen LogP contribution is -2.46. The molecule has 1 unspecified atom stereocenters. The normalized spacial score (nSPS) is 18.2. The summed E-state index contributed by atoms with van der Waals surface area (Å²) in [7, 11) is 2.91. The van der Waals surface area contributed by atoms with Crippen molar-refractivity contribution < 1.29 is 37.5 Å². The zero-order valence-electron chi connectivity index (χ0n) is 36.8. The maximum Gasteiger partial charge on any atom is 0.333 e. The Hall–Kier alpha value is -4.93. The van der Waals surface area contributed by atoms with Gasteiger partial charge in [0.2, 0.25) is 0 Å². The van der Waals surface area contributed by atoms with E-state index in [1.165, 1.54) is 10.8 Å². The Bertz CT molecular complexity index is 2170. The van der Waals surface area contributed by atoms with Crippen LogP contribution < -0.4 is 20.7 Å². The zero-order valence-corrected chi connectivity index (χ0v) is 37.7. The van der Waals surface area contributed by atoms with Gasteiger partial charge in [-0.2, -0.15) is 10.5 Å². The molecule has 4 aromatic rings. The van der Waals surface area contributed by atoms with E-state index in [9.17, 15) is 20.1 Å². The van der Waals surface area contributed by atoms with E-state index in [0.29, 0.717) is 11.5 Å². The molecule has 0 bridgehead atoms. The molecular formula is C46H58N5O10P. The highest BCUT2D eigenvalue weighted by Crippen LogP contribution is 2.51. The lowest BCUT2D eigenvalue weighted by molar-refractivity contribution is -0.0995. The molecule has 0 N–H and O–H groups in total. The van der Waals surface area contributed by atoms with Crippen molar-refractivity contribution in [3.8, 4) is 23.6 Å². The molecule has 3 aromatic carbocycles. The van der Waals surface area contributed by atoms with Crippen LogP contribution in [0.2, 0.25) is 0 Å². The molecule has 2 heterocycles. The smallest absolute Gasteiger partial charge is 0.333 e. The highest BCUT2D eigenvalue weighted by molar-refractivity contribution is 7.44. The summed E-state index contributed by atoms with van der Waals surface area (Å²) in [6, 6.07) is 29.3. The molecule has 1 saturated heterocycles. The van der Waals surface area contributed by atoms with Crippen LogP contribution in [0.25, 0.3) is 0 Å². The van der Waals surface area contributed by atoms with Crippen molar-refractivity contribution in [1.29, 1.82) is 10.5 Å². The minimum absolute atomic E-state index is 0.0336. The van der Waals surface area contributed by atoms with Gasteiger partial charge in [-0.15, -0.1) is 0 Å². The number of aryl methyl sites for hydroxylation is 1. The van der Waals surface area contributed by atoms with Gasteiger partial charge >= 0.3 is 5.69 Å². The van der Waals surface area contributed by atoms with Crippen LogP contribution in [0.15, 0.2) is 94.6 Å². The highest BCUT2D eigenvalue weighted by atomic mass is 31.2. The van der Waals surface area contributed by atoms with E-state index in [-0.39, 0.29) is 63.5 Å². The quantitative estimate of drug-likeness (QED) is 0.0432. The minimum atomic E-state index is -1.87. The maximum atomic E-state index is 14.3. The predicted octanol–water partition coefficient (Wildman–Crippen LogP) is 6.85. The van der Waals surface area contributed by atoms with Crippen molar-refractivity contribution in [2.75, 3.05) is 47.8 Å². The fourth-order valence-electron chi connectivity index (χ4n) is 7.62. The summed E-state index contributed by atoms with van der Waals surface area (Å²) in [4.78, 5) is 27.6. The van der Waals surface area contributed by atoms with E-state index in [1.807, 2.05) is 113 Å². The molecule has 5 rings (SSSR count). The van der Waals surface area contributed by atoms with E-state index >= 15 is 0 Å². The number of benzene rings is 3. The second-order valence-corrected chi connectivity index (χ2v) is 16.6. The summed E-state index contributed by atoms with van der Waals surface area (Å²) in [5.41, 5.74) is 0.252. The van der Waals surface area contributed by atoms with Crippen molar-refractivity contribution >= 4 is 8.53 Å². The third-order valence-electron chi connectivity index (χ3n) is 10.5. The van der Waals surface area contributed by atoms with Crippen LogP contribution in [-0.2, 0) is 40.1 Å². The van der Waals surface area contributed by atoms with Gasteiger partial charge in [-0.05, 0) is 75.6 Å². The number of rotatable bonds is 23. The number of nitriles is 2. The van der Waals surface area contributed by atoms with E-state index in [2.05, 4.69) is 10.7 Å². The first-order valence-corrected chi connectivity index (χ1v) is 21.8. The third kappa shape index (κ3) is 11.0. The molecule has 0 aliphatic carbocycles. The zero-order chi connectivity index (χ0) is 44.8. The topological polar surface area (TPSA) is 169 Å². The molecule has 0 amide bonds. The van der Waals surface area contributed by atoms with Crippen molar-refractivity contribution in [3.63, 3.8) is 0 Å². The molecule has 0 spiro atoms. The van der Waals surface area contributed by atoms with Crippen LogP contribution in [0.5, 0.6) is 11.5 Å². The van der Waals surface area contributed by atoms with Gasteiger partial charge in [0.15, 0.2) is 6.23 Å². The average molecular weight is 872 g/mol. The predicted molar refractivity (Wildman–Crippen MR) is 234 cm³/mol. The van der Waals surface area contributed by atoms with Crippen LogP contribution in [0.4, 0.5) is 0 Å². The van der Waals surface area contributed by atoms with Gasteiger partial charge in [0.1, 0.15) is 35.4 Å². The van der Waals surface area contributed by atoms with Gasteiger partial charge in [0, 0.05) is 37.5 Å². The van der Waals surface area contributed by atoms with Crippen LogP contribution >= 0.6 is 8.53 Å². The van der Waals surface area contributed by atoms with Gasteiger partial charge < -0.3 is 37.5 Å². The molecule has 16 heteroatoms. The molecule has 15 nitrogen and oxygen atoms in total. The Morgan fingerprint density at radius 2 is 1.37 bits per heavy atom. The summed E-state index contributed by atoms with van der Waals surface area (Å²) in [6.45, 7) is 9.99. The minimum Gasteiger partial charge on any atom is -0.497 e. The number of ether oxygens (including phenoxy) is 6. The second-order valence-electron chi connectivity index (χ2n) is 15.2. The van der Waals surface area contributed by atoms with Crippen molar-refractivity contribution in [3.05, 3.63) is 128 Å². The largest absolute Gasteiger partial charge is 0.497 e. The molecule has 0 saturated carbocycles. The first-order chi connectivity index (χ1) is 29.9. The molecule has 1 aliphatic heterocycles. The lowest BCUT2D eigenvalue weighted by Gasteiger charge is -2.39. The molecule has 1 fully saturated rings. The molecule has 1 aliphatic rings. The van der Waals surface area contributed by atoms with Crippen LogP contribution in [0, 0.1) is 29.6 Å². The Kier molecular flexibility index (Phi) is 17.8. The van der Waals surface area contributed by atoms with Crippen molar-refractivity contribution in [1.82, 2.24) is 13.8 Å². The summed E-state index contributed by atoms with van der Waals surface area (Å²) >= 11 is 0. The van der Waals surface area contributed by atoms with Gasteiger partial charge in [-0.1, -0.05) is 54.6 Å². The summed E-state index contributed by atoms with van der Waals surface area (Å²) in [5.74, 6) is 1.33. The fourth-order valence-corrected chi connectivity index (χ4v) is 9.39. The third-order valence-corrected chi connectivity index (χ3v) is 12.6. The first-order valence-electron chi connectivity index (χ1n) is 20.6. The van der Waals surface area contributed by atoms with Crippen LogP contribution in [0.1, 0.15) is 69.0 Å². The second kappa shape index (κ2) is 23.0. The number of hydrogen-bond acceptors (Lipinski definition) is 13. The van der Waals surface area contributed by atoms with Gasteiger partial charge in [0.25, 0.3) is 14.1 Å². The number of nitrogens with zero attached hydrogens (tertiary/aromatic N) is 5. The fraction of sp³-hybridized carbons (Fsp3) is 0.478. The Morgan fingerprint density at radius 3 is 1.90 bits per heavy atom. The molecule has 1 aromatic heterocycles. The highest BCUT2D eigenvalue weighted by Gasteiger charge is 2.52. The molecule has 332 valence electrons. The van der Waals surface area contributed by atoms with Gasteiger partial charge in [-0.25, -0.2) is 9.46 Å². The van der Waals surface area contributed by atoms with Gasteiger partial charge in [-0.3, -0.25) is 13.9 Å². The Balaban J connectivity index is 1.73. The van der Waals surface area contributed by atoms with Gasteiger partial charge in [0.05, 0.1) is 65.6 Å². The Morgan fingerprint density at radius 1 is 0.790 bits per heavy atom. The average Bonchev–Trinajstić information content (AvgIpc) is 3.61. The number of methoxy groups -OCH3 is 3. The lowest BCUT2D eigenvalue weighted by atomic mass is 9.80. The standard InChI is InChI=1S/C46H58N5O10P/c1-32(2)51(33(3)4)62(59-27-13-25-48)61-41-40(60-44(42(41)57-29-28-54-6)50-30-34(5)43(52)49(45(50)53)26-12-24-47)31-58-46(35-14-10-9-11-15-35,36-16-20-38(55-7)21-17-36)37-18-22-39(56-8)23-19-37/h9-11,14-23,30,32-33,40-42,44H,12-13,26-29,31H2,1-8H3/t40-,41-,42-,44-,62?/m1/s1. The van der Waals surface area contributed by atoms with Crippen LogP contribution in [0.3, 0.4) is 0 Å². The molecule has 62 heavy (non-hydrogen) atoms. The maximum absolute atomic E-state index is 14.3. The van der Waals surface area contributed by atoms with Crippen molar-refractivity contribution in [2.24, 2.45) is 0 Å². The number of hydrogen-bond donors (Lipinski definition) is 0. The van der Waals surface area contributed by atoms with Crippen LogP contribution in [-0.4, -0.2) is 92.0 Å². The monoisotopic (exact) mass is 871 g/mol. The van der Waals surface area contributed by atoms with E-state index in [4.69, 9.17) is 37.5 Å². The Labute approximate surface area is 365 Å². The van der Waals surface area contributed by atoms with E-state index in [0.717, 1.165) is 21.3 Å². The SMILES string of the molecule is COCCO[C@@H]1[C@H](OP(OCCC#N)N(C(C)C)C(C)C)[C@@H](COC(c2ccccc2)(c2ccc(OC)cc2)c2ccc(OC)cc2)O[C@H]1n1cc(C)c(=O)n(CCC#N)c1=O. The van der Waals surface area contributed by atoms with Crippen molar-refractivity contribution in [2.45, 2.75) is 96.2 Å². The number of aromatic nitrogens is 2. The first kappa shape index (κ1) is 48.1. The van der Waals surface area contributed by atoms with E-state index < -0.39 is 49.9 Å². The molecule has 5 atom stereocenters. The summed E-state index contributed by atoms with van der Waals surface area (Å²) in [5, 5.41) is 18.9. The molecule has 0 radical (unpaired) electrons. The molecular weight excluding hydrogens is 814 g/mol.